The quantitative estimate of drug-likeness (QED) is 0.0783. The second-order valence-corrected chi connectivity index (χ2v) is 25.7. The highest BCUT2D eigenvalue weighted by atomic mass is 28.4. The zero-order valence-electron chi connectivity index (χ0n) is 36.3. The summed E-state index contributed by atoms with van der Waals surface area (Å²) in [6.45, 7) is 9.66. The summed E-state index contributed by atoms with van der Waals surface area (Å²) in [5, 5.41) is 2.80. The predicted octanol–water partition coefficient (Wildman–Crippen LogP) is 14.5. The van der Waals surface area contributed by atoms with Crippen LogP contribution in [0.25, 0.3) is 18.2 Å². The fourth-order valence-corrected chi connectivity index (χ4v) is 13.9. The third kappa shape index (κ3) is 11.9. The van der Waals surface area contributed by atoms with Gasteiger partial charge in [0.1, 0.15) is 0 Å². The summed E-state index contributed by atoms with van der Waals surface area (Å²) < 4.78 is 7.08. The van der Waals surface area contributed by atoms with Gasteiger partial charge in [0.2, 0.25) is 8.32 Å². The molecule has 0 bridgehead atoms. The Bertz CT molecular complexity index is 2420. The van der Waals surface area contributed by atoms with Crippen LogP contribution in [-0.2, 0) is 4.43 Å². The van der Waals surface area contributed by atoms with Crippen molar-refractivity contribution in [3.63, 3.8) is 0 Å². The minimum absolute atomic E-state index is 0.0401. The zero-order chi connectivity index (χ0) is 42.3. The highest BCUT2D eigenvalue weighted by molar-refractivity contribution is 6.91. The van der Waals surface area contributed by atoms with Crippen molar-refractivity contribution in [3.05, 3.63) is 257 Å². The average molecular weight is 829 g/mol. The maximum absolute atomic E-state index is 7.08. The van der Waals surface area contributed by atoms with Gasteiger partial charge in [-0.2, -0.15) is 0 Å². The highest BCUT2D eigenvalue weighted by Gasteiger charge is 2.34. The first-order chi connectivity index (χ1) is 29.8. The molecule has 0 saturated carbocycles. The minimum atomic E-state index is -2.18. The van der Waals surface area contributed by atoms with Crippen LogP contribution in [0.15, 0.2) is 218 Å². The third-order valence-corrected chi connectivity index (χ3v) is 18.8. The second kappa shape index (κ2) is 21.1. The standard InChI is InChI=1S/C58H60OSi2/c1-60(2,54-37-19-9-20-38-54)58(53-35-17-8-18-36-53)43-25-28-49-45-47(26-23-41-56(50-29-11-5-12-30-50)51-31-13-6-14-32-51)44-48(46-49)27-24-42-57(52-33-15-7-16-34-52)59-61(3,4)55-39-21-10-22-40-55/h5-40,44-46,56-58H,41-43H2,1-4H3/b26-23-,27-24-,28-25-. The number of benzene rings is 7. The molecule has 0 aliphatic carbocycles. The van der Waals surface area contributed by atoms with Gasteiger partial charge in [-0.1, -0.05) is 237 Å². The fraction of sp³-hybridized carbons (Fsp3) is 0.172. The Hall–Kier alpha value is -5.85. The van der Waals surface area contributed by atoms with Crippen molar-refractivity contribution >= 4 is 45.0 Å². The van der Waals surface area contributed by atoms with E-state index < -0.39 is 16.4 Å². The van der Waals surface area contributed by atoms with Crippen molar-refractivity contribution < 1.29 is 4.43 Å². The number of allylic oxidation sites excluding steroid dienone is 2. The summed E-state index contributed by atoms with van der Waals surface area (Å²) in [5.74, 6) is 0.284. The summed E-state index contributed by atoms with van der Waals surface area (Å²) in [5.41, 5.74) is 9.36. The molecule has 0 fully saturated rings. The molecule has 7 aromatic rings. The van der Waals surface area contributed by atoms with Crippen molar-refractivity contribution in [1.29, 1.82) is 0 Å². The molecule has 2 atom stereocenters. The fourth-order valence-electron chi connectivity index (χ4n) is 8.62. The van der Waals surface area contributed by atoms with E-state index in [0.29, 0.717) is 5.54 Å². The smallest absolute Gasteiger partial charge is 0.219 e. The molecule has 0 aromatic heterocycles. The predicted molar refractivity (Wildman–Crippen MR) is 269 cm³/mol. The molecule has 0 spiro atoms. The Morgan fingerprint density at radius 1 is 0.393 bits per heavy atom. The summed E-state index contributed by atoms with van der Waals surface area (Å²) in [4.78, 5) is 0. The zero-order valence-corrected chi connectivity index (χ0v) is 38.3. The molecule has 0 aliphatic heterocycles. The van der Waals surface area contributed by atoms with Crippen LogP contribution in [0.1, 0.15) is 75.8 Å². The highest BCUT2D eigenvalue weighted by Crippen LogP contribution is 2.33. The molecule has 0 heterocycles. The van der Waals surface area contributed by atoms with Crippen LogP contribution in [0, 0.1) is 0 Å². The Morgan fingerprint density at radius 2 is 0.754 bits per heavy atom. The Kier molecular flexibility index (Phi) is 15.0. The van der Waals surface area contributed by atoms with Gasteiger partial charge in [-0.3, -0.25) is 0 Å². The molecule has 306 valence electrons. The molecule has 7 rings (SSSR count). The van der Waals surface area contributed by atoms with Gasteiger partial charge >= 0.3 is 0 Å². The normalized spacial score (nSPS) is 13.3. The van der Waals surface area contributed by atoms with Crippen LogP contribution in [0.4, 0.5) is 0 Å². The third-order valence-electron chi connectivity index (χ3n) is 12.1. The van der Waals surface area contributed by atoms with Gasteiger partial charge < -0.3 is 4.43 Å². The van der Waals surface area contributed by atoms with Gasteiger partial charge in [-0.15, -0.1) is 0 Å². The molecule has 1 nitrogen and oxygen atoms in total. The second-order valence-electron chi connectivity index (χ2n) is 17.2. The molecule has 3 heteroatoms. The lowest BCUT2D eigenvalue weighted by Crippen LogP contribution is -2.47. The molecule has 61 heavy (non-hydrogen) atoms. The first-order valence-corrected chi connectivity index (χ1v) is 27.9. The van der Waals surface area contributed by atoms with E-state index in [1.807, 2.05) is 0 Å². The van der Waals surface area contributed by atoms with E-state index >= 15 is 0 Å². The Balaban J connectivity index is 1.19. The Labute approximate surface area is 368 Å². The largest absolute Gasteiger partial charge is 0.406 e. The van der Waals surface area contributed by atoms with E-state index in [9.17, 15) is 0 Å². The van der Waals surface area contributed by atoms with Crippen molar-refractivity contribution in [2.75, 3.05) is 0 Å². The first-order valence-electron chi connectivity index (χ1n) is 21.9. The molecular formula is C58H60OSi2. The lowest BCUT2D eigenvalue weighted by molar-refractivity contribution is 0.205. The van der Waals surface area contributed by atoms with E-state index in [-0.39, 0.29) is 12.0 Å². The number of hydrogen-bond donors (Lipinski definition) is 0. The van der Waals surface area contributed by atoms with E-state index in [1.54, 1.807) is 0 Å². The molecule has 7 aromatic carbocycles. The molecule has 0 N–H and O–H groups in total. The van der Waals surface area contributed by atoms with Crippen LogP contribution in [0.5, 0.6) is 0 Å². The van der Waals surface area contributed by atoms with Crippen molar-refractivity contribution in [2.45, 2.75) is 63.0 Å². The van der Waals surface area contributed by atoms with Gasteiger partial charge in [0, 0.05) is 5.92 Å². The monoisotopic (exact) mass is 828 g/mol. The SMILES string of the molecule is C[Si](C)(OC(C/C=C\c1cc(/C=C\CC(c2ccccc2)c2ccccc2)cc(/C=C\CC(c2ccccc2)[Si](C)(C)c2ccccc2)c1)c1ccccc1)c1ccccc1. The molecule has 2 unspecified atom stereocenters. The van der Waals surface area contributed by atoms with Crippen LogP contribution in [0.3, 0.4) is 0 Å². The number of rotatable bonds is 18. The van der Waals surface area contributed by atoms with Gasteiger partial charge in [0.15, 0.2) is 0 Å². The van der Waals surface area contributed by atoms with Crippen molar-refractivity contribution in [3.8, 4) is 0 Å². The topological polar surface area (TPSA) is 9.23 Å². The molecule has 0 radical (unpaired) electrons. The van der Waals surface area contributed by atoms with Crippen LogP contribution in [-0.4, -0.2) is 16.4 Å². The number of hydrogen-bond acceptors (Lipinski definition) is 1. The summed E-state index contributed by atoms with van der Waals surface area (Å²) in [6, 6.07) is 72.6. The van der Waals surface area contributed by atoms with Crippen molar-refractivity contribution in [2.24, 2.45) is 0 Å². The summed E-state index contributed by atoms with van der Waals surface area (Å²) in [6.07, 6.45) is 16.7. The van der Waals surface area contributed by atoms with Gasteiger partial charge in [-0.05, 0) is 100 Å². The molecular weight excluding hydrogens is 769 g/mol. The summed E-state index contributed by atoms with van der Waals surface area (Å²) in [7, 11) is -4.05. The first kappa shape index (κ1) is 43.2. The van der Waals surface area contributed by atoms with Crippen LogP contribution >= 0.6 is 0 Å². The van der Waals surface area contributed by atoms with E-state index in [0.717, 1.165) is 19.3 Å². The molecule has 0 aliphatic rings. The van der Waals surface area contributed by atoms with Crippen LogP contribution in [0.2, 0.25) is 26.2 Å². The molecule has 0 amide bonds. The van der Waals surface area contributed by atoms with E-state index in [1.165, 1.54) is 49.3 Å². The van der Waals surface area contributed by atoms with Crippen molar-refractivity contribution in [1.82, 2.24) is 0 Å². The van der Waals surface area contributed by atoms with Gasteiger partial charge in [0.05, 0.1) is 14.2 Å². The van der Waals surface area contributed by atoms with Crippen LogP contribution < -0.4 is 10.4 Å². The maximum atomic E-state index is 7.08. The van der Waals surface area contributed by atoms with Gasteiger partial charge in [0.25, 0.3) is 0 Å². The maximum Gasteiger partial charge on any atom is 0.219 e. The Morgan fingerprint density at radius 3 is 1.21 bits per heavy atom. The lowest BCUT2D eigenvalue weighted by atomic mass is 9.88. The van der Waals surface area contributed by atoms with E-state index in [4.69, 9.17) is 4.43 Å². The average Bonchev–Trinajstić information content (AvgIpc) is 3.30. The minimum Gasteiger partial charge on any atom is -0.406 e. The summed E-state index contributed by atoms with van der Waals surface area (Å²) >= 11 is 0. The van der Waals surface area contributed by atoms with Gasteiger partial charge in [-0.25, -0.2) is 0 Å². The van der Waals surface area contributed by atoms with E-state index in [2.05, 4.69) is 263 Å². The molecule has 0 saturated heterocycles. The lowest BCUT2D eigenvalue weighted by Gasteiger charge is -2.33.